The lowest BCUT2D eigenvalue weighted by Gasteiger charge is -2.28. The zero-order valence-corrected chi connectivity index (χ0v) is 16.0. The number of aliphatic carboxylic acids is 2. The summed E-state index contributed by atoms with van der Waals surface area (Å²) >= 11 is 0. The molecule has 7 nitrogen and oxygen atoms in total. The first-order valence-corrected chi connectivity index (χ1v) is 8.85. The summed E-state index contributed by atoms with van der Waals surface area (Å²) in [5.41, 5.74) is 0. The van der Waals surface area contributed by atoms with Crippen LogP contribution >= 0.6 is 0 Å². The summed E-state index contributed by atoms with van der Waals surface area (Å²) in [5.74, 6) is -2.18. The minimum Gasteiger partial charge on any atom is -0.481 e. The fourth-order valence-electron chi connectivity index (χ4n) is 2.32. The number of unbranched alkanes of at least 4 members (excludes halogenated alkanes) is 3. The number of quaternary nitrogens is 1. The van der Waals surface area contributed by atoms with Gasteiger partial charge in [-0.2, -0.15) is 0 Å². The summed E-state index contributed by atoms with van der Waals surface area (Å²) in [6.45, 7) is 0.457. The molecule has 0 amide bonds. The maximum atomic E-state index is 11.9. The molecule has 0 bridgehead atoms. The molecule has 0 saturated carbocycles. The van der Waals surface area contributed by atoms with Crippen molar-refractivity contribution in [2.45, 2.75) is 51.0 Å². The first kappa shape index (κ1) is 23.9. The van der Waals surface area contributed by atoms with Crippen LogP contribution in [-0.4, -0.2) is 66.4 Å². The quantitative estimate of drug-likeness (QED) is 0.211. The van der Waals surface area contributed by atoms with Crippen molar-refractivity contribution in [2.24, 2.45) is 0 Å². The van der Waals surface area contributed by atoms with Crippen molar-refractivity contribution >= 4 is 17.9 Å². The number of hydrogen-bond acceptors (Lipinski definition) is 4. The van der Waals surface area contributed by atoms with E-state index in [1.165, 1.54) is 0 Å². The van der Waals surface area contributed by atoms with Crippen molar-refractivity contribution in [3.8, 4) is 0 Å². The zero-order chi connectivity index (χ0) is 20.0. The van der Waals surface area contributed by atoms with Crippen molar-refractivity contribution in [2.75, 3.05) is 27.7 Å². The molecule has 0 radical (unpaired) electrons. The first-order valence-electron chi connectivity index (χ1n) is 8.85. The number of nitrogens with zero attached hydrogens (tertiary/aromatic N) is 1. The van der Waals surface area contributed by atoms with E-state index in [1.807, 2.05) is 33.3 Å². The molecule has 0 spiro atoms. The molecule has 0 aliphatic carbocycles. The molecule has 1 atom stereocenters. The number of hydrogen-bond donors (Lipinski definition) is 2. The molecule has 148 valence electrons. The molecule has 2 N–H and O–H groups in total. The highest BCUT2D eigenvalue weighted by molar-refractivity contribution is 5.71. The number of ether oxygens (including phenoxy) is 1. The molecular weight excluding hydrogens is 338 g/mol. The van der Waals surface area contributed by atoms with E-state index in [1.54, 1.807) is 12.2 Å². The largest absolute Gasteiger partial charge is 0.481 e. The molecule has 0 saturated heterocycles. The van der Waals surface area contributed by atoms with Crippen molar-refractivity contribution in [3.05, 3.63) is 24.3 Å². The molecule has 7 heteroatoms. The van der Waals surface area contributed by atoms with Gasteiger partial charge in [0.25, 0.3) is 0 Å². The van der Waals surface area contributed by atoms with Crippen LogP contribution in [0.1, 0.15) is 44.9 Å². The average molecular weight is 370 g/mol. The van der Waals surface area contributed by atoms with Gasteiger partial charge < -0.3 is 19.4 Å². The summed E-state index contributed by atoms with van der Waals surface area (Å²) in [6, 6.07) is 0. The highest BCUT2D eigenvalue weighted by atomic mass is 16.5. The van der Waals surface area contributed by atoms with E-state index in [-0.39, 0.29) is 25.2 Å². The molecular formula is C19H32NO6+. The van der Waals surface area contributed by atoms with Crippen LogP contribution in [0.4, 0.5) is 0 Å². The Labute approximate surface area is 155 Å². The monoisotopic (exact) mass is 370 g/mol. The van der Waals surface area contributed by atoms with Gasteiger partial charge in [0.1, 0.15) is 6.54 Å². The van der Waals surface area contributed by atoms with Crippen LogP contribution in [0, 0.1) is 0 Å². The summed E-state index contributed by atoms with van der Waals surface area (Å²) in [5, 5.41) is 17.4. The summed E-state index contributed by atoms with van der Waals surface area (Å²) in [7, 11) is 5.77. The number of likely N-dealkylation sites (N-methyl/N-ethyl adjacent to an activating group) is 1. The third-order valence-electron chi connectivity index (χ3n) is 3.38. The highest BCUT2D eigenvalue weighted by Gasteiger charge is 2.24. The Balaban J connectivity index is 3.95. The number of carbonyl (C=O) groups excluding carboxylic acids is 1. The van der Waals surface area contributed by atoms with E-state index in [2.05, 4.69) is 0 Å². The molecule has 0 heterocycles. The van der Waals surface area contributed by atoms with Gasteiger partial charge in [0.2, 0.25) is 0 Å². The lowest BCUT2D eigenvalue weighted by molar-refractivity contribution is -0.873. The third-order valence-corrected chi connectivity index (χ3v) is 3.38. The summed E-state index contributed by atoms with van der Waals surface area (Å²) in [4.78, 5) is 33.1. The van der Waals surface area contributed by atoms with Crippen LogP contribution < -0.4 is 0 Å². The lowest BCUT2D eigenvalue weighted by Crippen LogP contribution is -2.43. The second kappa shape index (κ2) is 13.1. The van der Waals surface area contributed by atoms with Gasteiger partial charge in [-0.15, -0.1) is 0 Å². The Hall–Kier alpha value is -2.15. The van der Waals surface area contributed by atoms with Crippen LogP contribution in [0.15, 0.2) is 24.3 Å². The van der Waals surface area contributed by atoms with Crippen LogP contribution in [0.5, 0.6) is 0 Å². The molecule has 0 aliphatic heterocycles. The molecule has 1 unspecified atom stereocenters. The molecule has 0 aromatic rings. The number of esters is 1. The predicted octanol–water partition coefficient (Wildman–Crippen LogP) is 2.62. The third kappa shape index (κ3) is 16.7. The topological polar surface area (TPSA) is 101 Å². The van der Waals surface area contributed by atoms with Crippen LogP contribution in [0.25, 0.3) is 0 Å². The minimum absolute atomic E-state index is 0.0173. The Morgan fingerprint density at radius 2 is 1.62 bits per heavy atom. The molecule has 0 aliphatic rings. The number of allylic oxidation sites excluding steroid dienone is 3. The summed E-state index contributed by atoms with van der Waals surface area (Å²) < 4.78 is 5.85. The molecule has 0 aromatic carbocycles. The van der Waals surface area contributed by atoms with Gasteiger partial charge in [-0.05, 0) is 19.3 Å². The second-order valence-electron chi connectivity index (χ2n) is 7.24. The standard InChI is InChI=1S/C19H31NO6/c1-20(2,3)15-16(14-18(23)24)26-19(25)13-11-9-7-5-4-6-8-10-12-17(21)22/h4,6,8,10,16H,5,7,9,11-15H2,1-3H3,(H-,21,22,23,24)/p+1/b6-4+,10-8+. The van der Waals surface area contributed by atoms with Crippen molar-refractivity contribution < 1.29 is 33.8 Å². The maximum absolute atomic E-state index is 11.9. The molecule has 0 fully saturated rings. The Bertz CT molecular complexity index is 505. The zero-order valence-electron chi connectivity index (χ0n) is 16.0. The van der Waals surface area contributed by atoms with Crippen molar-refractivity contribution in [3.63, 3.8) is 0 Å². The highest BCUT2D eigenvalue weighted by Crippen LogP contribution is 2.09. The fraction of sp³-hybridized carbons (Fsp3) is 0.632. The predicted molar refractivity (Wildman–Crippen MR) is 98.7 cm³/mol. The second-order valence-corrected chi connectivity index (χ2v) is 7.24. The average Bonchev–Trinajstić information content (AvgIpc) is 2.46. The van der Waals surface area contributed by atoms with E-state index in [9.17, 15) is 14.4 Å². The van der Waals surface area contributed by atoms with Gasteiger partial charge in [0.15, 0.2) is 6.10 Å². The van der Waals surface area contributed by atoms with Crippen LogP contribution in [0.2, 0.25) is 0 Å². The van der Waals surface area contributed by atoms with Gasteiger partial charge in [-0.1, -0.05) is 30.7 Å². The first-order chi connectivity index (χ1) is 12.1. The minimum atomic E-state index is -0.972. The molecule has 0 aromatic heterocycles. The SMILES string of the molecule is C[N+](C)(C)CC(CC(=O)O)OC(=O)CCCCC/C=C/C=C/CC(=O)O. The van der Waals surface area contributed by atoms with Gasteiger partial charge >= 0.3 is 17.9 Å². The van der Waals surface area contributed by atoms with Crippen molar-refractivity contribution in [1.82, 2.24) is 0 Å². The Morgan fingerprint density at radius 3 is 2.19 bits per heavy atom. The molecule has 0 rings (SSSR count). The van der Waals surface area contributed by atoms with E-state index in [0.717, 1.165) is 19.3 Å². The van der Waals surface area contributed by atoms with E-state index in [0.29, 0.717) is 17.4 Å². The van der Waals surface area contributed by atoms with E-state index >= 15 is 0 Å². The number of carbonyl (C=O) groups is 3. The van der Waals surface area contributed by atoms with Crippen LogP contribution in [-0.2, 0) is 19.1 Å². The smallest absolute Gasteiger partial charge is 0.307 e. The maximum Gasteiger partial charge on any atom is 0.307 e. The molecule has 26 heavy (non-hydrogen) atoms. The Morgan fingerprint density at radius 1 is 0.962 bits per heavy atom. The van der Waals surface area contributed by atoms with Gasteiger partial charge in [-0.3, -0.25) is 14.4 Å². The Kier molecular flexibility index (Phi) is 12.0. The number of carboxylic acid groups (broad SMARTS) is 2. The number of rotatable bonds is 14. The van der Waals surface area contributed by atoms with Gasteiger partial charge in [0.05, 0.1) is 34.0 Å². The van der Waals surface area contributed by atoms with Crippen LogP contribution in [0.3, 0.4) is 0 Å². The van der Waals surface area contributed by atoms with Gasteiger partial charge in [0, 0.05) is 6.42 Å². The van der Waals surface area contributed by atoms with Gasteiger partial charge in [-0.25, -0.2) is 0 Å². The van der Waals surface area contributed by atoms with Crippen molar-refractivity contribution in [1.29, 1.82) is 0 Å². The normalized spacial score (nSPS) is 13.2. The van der Waals surface area contributed by atoms with E-state index < -0.39 is 18.0 Å². The summed E-state index contributed by atoms with van der Waals surface area (Å²) in [6.07, 6.45) is 9.94. The lowest BCUT2D eigenvalue weighted by atomic mass is 10.1. The van der Waals surface area contributed by atoms with E-state index in [4.69, 9.17) is 14.9 Å². The fourth-order valence-corrected chi connectivity index (χ4v) is 2.32. The number of carboxylic acids is 2.